The Labute approximate surface area is 105 Å². The Morgan fingerprint density at radius 1 is 1.33 bits per heavy atom. The fraction of sp³-hybridized carbons (Fsp3) is 0.462. The van der Waals surface area contributed by atoms with Crippen molar-refractivity contribution in [3.8, 4) is 5.75 Å². The number of halogens is 2. The van der Waals surface area contributed by atoms with Crippen molar-refractivity contribution < 1.29 is 18.3 Å². The van der Waals surface area contributed by atoms with E-state index in [9.17, 15) is 13.6 Å². The van der Waals surface area contributed by atoms with Gasteiger partial charge in [-0.05, 0) is 11.6 Å². The molecule has 0 aliphatic heterocycles. The van der Waals surface area contributed by atoms with Crippen molar-refractivity contribution in [2.45, 2.75) is 19.3 Å². The first kappa shape index (κ1) is 14.6. The second-order valence-electron chi connectivity index (χ2n) is 4.65. The number of carbonyl (C=O) groups excluding carboxylic acids is 1. The Kier molecular flexibility index (Phi) is 4.78. The Morgan fingerprint density at radius 2 is 2.00 bits per heavy atom. The number of aldehydes is 1. The van der Waals surface area contributed by atoms with Crippen molar-refractivity contribution in [2.75, 3.05) is 20.2 Å². The van der Waals surface area contributed by atoms with Crippen LogP contribution in [0, 0.1) is 11.6 Å². The van der Waals surface area contributed by atoms with E-state index in [0.717, 1.165) is 18.4 Å². The van der Waals surface area contributed by atoms with Crippen molar-refractivity contribution in [2.24, 2.45) is 0 Å². The van der Waals surface area contributed by atoms with Crippen LogP contribution in [0.25, 0.3) is 0 Å². The number of ether oxygens (including phenoxy) is 1. The van der Waals surface area contributed by atoms with E-state index in [2.05, 4.69) is 5.32 Å². The molecule has 1 rings (SSSR count). The van der Waals surface area contributed by atoms with Crippen molar-refractivity contribution in [1.82, 2.24) is 5.32 Å². The van der Waals surface area contributed by atoms with Gasteiger partial charge < -0.3 is 14.8 Å². The molecule has 100 valence electrons. The quantitative estimate of drug-likeness (QED) is 0.626. The molecule has 0 spiro atoms. The highest BCUT2D eigenvalue weighted by molar-refractivity contribution is 5.51. The molecule has 3 nitrogen and oxygen atoms in total. The second kappa shape index (κ2) is 5.91. The number of nitrogens with one attached hydrogen (secondary N) is 1. The highest BCUT2D eigenvalue weighted by Gasteiger charge is 2.25. The first-order valence-electron chi connectivity index (χ1n) is 5.60. The van der Waals surface area contributed by atoms with E-state index >= 15 is 0 Å². The monoisotopic (exact) mass is 257 g/mol. The average Bonchev–Trinajstić information content (AvgIpc) is 2.31. The van der Waals surface area contributed by atoms with Crippen LogP contribution in [0.2, 0.25) is 0 Å². The minimum atomic E-state index is -0.625. The number of hydrogen-bond donors (Lipinski definition) is 1. The van der Waals surface area contributed by atoms with Gasteiger partial charge in [0.25, 0.3) is 0 Å². The van der Waals surface area contributed by atoms with Crippen LogP contribution in [0.3, 0.4) is 0 Å². The van der Waals surface area contributed by atoms with Crippen LogP contribution in [-0.4, -0.2) is 26.5 Å². The van der Waals surface area contributed by atoms with Gasteiger partial charge in [0, 0.05) is 18.0 Å². The normalized spacial score (nSPS) is 11.4. The smallest absolute Gasteiger partial charge is 0.165 e. The zero-order valence-corrected chi connectivity index (χ0v) is 10.7. The number of hydrogen-bond acceptors (Lipinski definition) is 3. The van der Waals surface area contributed by atoms with Crippen molar-refractivity contribution in [3.63, 3.8) is 0 Å². The first-order chi connectivity index (χ1) is 8.42. The minimum absolute atomic E-state index is 0.118. The maximum Gasteiger partial charge on any atom is 0.165 e. The molecule has 0 fully saturated rings. The minimum Gasteiger partial charge on any atom is -0.494 e. The molecular weight excluding hydrogens is 240 g/mol. The summed E-state index contributed by atoms with van der Waals surface area (Å²) in [5.74, 6) is -1.24. The van der Waals surface area contributed by atoms with Crippen LogP contribution in [0.5, 0.6) is 5.75 Å². The molecule has 5 heteroatoms. The summed E-state index contributed by atoms with van der Waals surface area (Å²) >= 11 is 0. The number of methoxy groups -OCH3 is 1. The standard InChI is InChI=1S/C13H17F2NO2/c1-13(2,8-16-4-5-17)9-6-11(15)12(18-3)7-10(9)14/h5-7,16H,4,8H2,1-3H3. The molecule has 0 heterocycles. The molecule has 1 aromatic rings. The Morgan fingerprint density at radius 3 is 2.56 bits per heavy atom. The molecule has 0 unspecified atom stereocenters. The molecule has 0 aromatic heterocycles. The summed E-state index contributed by atoms with van der Waals surface area (Å²) in [7, 11) is 1.29. The fourth-order valence-electron chi connectivity index (χ4n) is 1.74. The number of rotatable bonds is 6. The van der Waals surface area contributed by atoms with E-state index in [1.165, 1.54) is 7.11 Å². The summed E-state index contributed by atoms with van der Waals surface area (Å²) in [4.78, 5) is 10.2. The number of carbonyl (C=O) groups is 1. The summed E-state index contributed by atoms with van der Waals surface area (Å²) in [5, 5.41) is 2.86. The lowest BCUT2D eigenvalue weighted by molar-refractivity contribution is -0.107. The SMILES string of the molecule is COc1cc(F)c(C(C)(C)CNCC=O)cc1F. The van der Waals surface area contributed by atoms with Crippen molar-refractivity contribution in [3.05, 3.63) is 29.3 Å². The summed E-state index contributed by atoms with van der Waals surface area (Å²) < 4.78 is 32.2. The van der Waals surface area contributed by atoms with Gasteiger partial charge >= 0.3 is 0 Å². The number of benzene rings is 1. The van der Waals surface area contributed by atoms with Gasteiger partial charge in [-0.15, -0.1) is 0 Å². The van der Waals surface area contributed by atoms with Crippen molar-refractivity contribution in [1.29, 1.82) is 0 Å². The maximum atomic E-state index is 13.9. The largest absolute Gasteiger partial charge is 0.494 e. The molecule has 0 bridgehead atoms. The predicted molar refractivity (Wildman–Crippen MR) is 64.9 cm³/mol. The van der Waals surface area contributed by atoms with Gasteiger partial charge in [-0.2, -0.15) is 0 Å². The Balaban J connectivity index is 3.00. The van der Waals surface area contributed by atoms with Gasteiger partial charge in [-0.1, -0.05) is 13.8 Å². The molecule has 0 radical (unpaired) electrons. The summed E-state index contributed by atoms with van der Waals surface area (Å²) in [6.45, 7) is 4.10. The van der Waals surface area contributed by atoms with Crippen LogP contribution >= 0.6 is 0 Å². The molecule has 0 saturated heterocycles. The lowest BCUT2D eigenvalue weighted by Gasteiger charge is -2.26. The molecule has 1 N–H and O–H groups in total. The summed E-state index contributed by atoms with van der Waals surface area (Å²) in [5.41, 5.74) is -0.376. The maximum absolute atomic E-state index is 13.9. The molecule has 0 atom stereocenters. The van der Waals surface area contributed by atoms with Crippen LogP contribution in [0.4, 0.5) is 8.78 Å². The van der Waals surface area contributed by atoms with Gasteiger partial charge in [0.2, 0.25) is 0 Å². The molecule has 1 aromatic carbocycles. The molecule has 0 amide bonds. The highest BCUT2D eigenvalue weighted by atomic mass is 19.1. The lowest BCUT2D eigenvalue weighted by Crippen LogP contribution is -2.34. The van der Waals surface area contributed by atoms with Gasteiger partial charge in [0.1, 0.15) is 12.1 Å². The molecule has 0 aliphatic carbocycles. The Hall–Kier alpha value is -1.49. The van der Waals surface area contributed by atoms with E-state index in [1.54, 1.807) is 13.8 Å². The molecule has 18 heavy (non-hydrogen) atoms. The van der Waals surface area contributed by atoms with E-state index in [0.29, 0.717) is 6.54 Å². The molecular formula is C13H17F2NO2. The third kappa shape index (κ3) is 3.26. The molecule has 0 saturated carbocycles. The predicted octanol–water partition coefficient (Wildman–Crippen LogP) is 2.04. The van der Waals surface area contributed by atoms with E-state index in [-0.39, 0.29) is 17.9 Å². The zero-order valence-electron chi connectivity index (χ0n) is 10.7. The van der Waals surface area contributed by atoms with Crippen molar-refractivity contribution >= 4 is 6.29 Å². The van der Waals surface area contributed by atoms with Gasteiger partial charge in [0.05, 0.1) is 13.7 Å². The van der Waals surface area contributed by atoms with Crippen LogP contribution in [-0.2, 0) is 10.2 Å². The van der Waals surface area contributed by atoms with Gasteiger partial charge in [0.15, 0.2) is 11.6 Å². The summed E-state index contributed by atoms with van der Waals surface area (Å²) in [6, 6.07) is 2.17. The second-order valence-corrected chi connectivity index (χ2v) is 4.65. The van der Waals surface area contributed by atoms with Crippen LogP contribution in [0.15, 0.2) is 12.1 Å². The molecule has 0 aliphatic rings. The first-order valence-corrected chi connectivity index (χ1v) is 5.60. The van der Waals surface area contributed by atoms with Crippen LogP contribution < -0.4 is 10.1 Å². The topological polar surface area (TPSA) is 38.3 Å². The average molecular weight is 257 g/mol. The van der Waals surface area contributed by atoms with E-state index in [1.807, 2.05) is 0 Å². The van der Waals surface area contributed by atoms with Gasteiger partial charge in [-0.3, -0.25) is 0 Å². The van der Waals surface area contributed by atoms with Gasteiger partial charge in [-0.25, -0.2) is 8.78 Å². The summed E-state index contributed by atoms with van der Waals surface area (Å²) in [6.07, 6.45) is 0.723. The lowest BCUT2D eigenvalue weighted by atomic mass is 9.84. The third-order valence-electron chi connectivity index (χ3n) is 2.77. The zero-order chi connectivity index (χ0) is 13.8. The fourth-order valence-corrected chi connectivity index (χ4v) is 1.74. The van der Waals surface area contributed by atoms with E-state index in [4.69, 9.17) is 4.74 Å². The van der Waals surface area contributed by atoms with Crippen LogP contribution in [0.1, 0.15) is 19.4 Å². The third-order valence-corrected chi connectivity index (χ3v) is 2.77. The highest BCUT2D eigenvalue weighted by Crippen LogP contribution is 2.30. The van der Waals surface area contributed by atoms with E-state index < -0.39 is 17.0 Å². The Bertz CT molecular complexity index is 433.